The minimum Gasteiger partial charge on any atom is -0.294 e. The average molecular weight is 251 g/mol. The van der Waals surface area contributed by atoms with Crippen LogP contribution < -0.4 is 0 Å². The van der Waals surface area contributed by atoms with Crippen molar-refractivity contribution in [2.24, 2.45) is 5.92 Å². The van der Waals surface area contributed by atoms with Crippen molar-refractivity contribution in [1.29, 1.82) is 0 Å². The molecule has 1 aliphatic rings. The maximum Gasteiger partial charge on any atom is 0.165 e. The van der Waals surface area contributed by atoms with E-state index in [4.69, 9.17) is 11.6 Å². The van der Waals surface area contributed by atoms with Crippen molar-refractivity contribution < 1.29 is 4.79 Å². The number of carbonyl (C=O) groups excluding carboxylic acids is 1. The van der Waals surface area contributed by atoms with E-state index in [-0.39, 0.29) is 5.92 Å². The molecule has 0 amide bonds. The van der Waals surface area contributed by atoms with Crippen molar-refractivity contribution in [2.45, 2.75) is 46.0 Å². The Kier molecular flexibility index (Phi) is 3.88. The first-order chi connectivity index (χ1) is 8.09. The zero-order valence-corrected chi connectivity index (χ0v) is 11.3. The van der Waals surface area contributed by atoms with Gasteiger partial charge in [0.25, 0.3) is 0 Å². The molecule has 1 fully saturated rings. The van der Waals surface area contributed by atoms with Crippen LogP contribution in [0, 0.1) is 19.8 Å². The van der Waals surface area contributed by atoms with Crippen molar-refractivity contribution in [2.75, 3.05) is 0 Å². The van der Waals surface area contributed by atoms with Crippen LogP contribution in [0.4, 0.5) is 0 Å². The molecule has 0 spiro atoms. The first kappa shape index (κ1) is 12.6. The molecule has 2 heteroatoms. The van der Waals surface area contributed by atoms with Gasteiger partial charge in [0.2, 0.25) is 0 Å². The molecular weight excluding hydrogens is 232 g/mol. The summed E-state index contributed by atoms with van der Waals surface area (Å²) in [6.07, 6.45) is 5.78. The third-order valence-electron chi connectivity index (χ3n) is 3.70. The molecule has 0 atom stereocenters. The second kappa shape index (κ2) is 5.22. The SMILES string of the molecule is Cc1cc(C(=O)C2CCCCC2)cc(C)c1Cl. The van der Waals surface area contributed by atoms with Crippen LogP contribution in [0.15, 0.2) is 12.1 Å². The highest BCUT2D eigenvalue weighted by Crippen LogP contribution is 2.29. The third kappa shape index (κ3) is 2.71. The predicted molar refractivity (Wildman–Crippen MR) is 71.8 cm³/mol. The molecule has 1 aromatic rings. The molecule has 1 aromatic carbocycles. The van der Waals surface area contributed by atoms with Gasteiger partial charge in [-0.2, -0.15) is 0 Å². The Morgan fingerprint density at radius 3 is 2.18 bits per heavy atom. The van der Waals surface area contributed by atoms with Gasteiger partial charge in [0.05, 0.1) is 0 Å². The Labute approximate surface area is 108 Å². The number of rotatable bonds is 2. The summed E-state index contributed by atoms with van der Waals surface area (Å²) in [5.74, 6) is 0.552. The fraction of sp³-hybridized carbons (Fsp3) is 0.533. The first-order valence-corrected chi connectivity index (χ1v) is 6.78. The zero-order chi connectivity index (χ0) is 12.4. The van der Waals surface area contributed by atoms with Gasteiger partial charge in [-0.1, -0.05) is 30.9 Å². The molecule has 1 nitrogen and oxygen atoms in total. The second-order valence-electron chi connectivity index (χ2n) is 5.12. The summed E-state index contributed by atoms with van der Waals surface area (Å²) in [7, 11) is 0. The van der Waals surface area contributed by atoms with Gasteiger partial charge in [0.1, 0.15) is 0 Å². The fourth-order valence-corrected chi connectivity index (χ4v) is 2.80. The van der Waals surface area contributed by atoms with E-state index in [1.165, 1.54) is 19.3 Å². The Morgan fingerprint density at radius 1 is 1.12 bits per heavy atom. The van der Waals surface area contributed by atoms with Crippen LogP contribution in [0.5, 0.6) is 0 Å². The van der Waals surface area contributed by atoms with Crippen molar-refractivity contribution in [3.05, 3.63) is 33.8 Å². The number of hydrogen-bond donors (Lipinski definition) is 0. The molecule has 0 aliphatic heterocycles. The Balaban J connectivity index is 2.24. The average Bonchev–Trinajstić information content (AvgIpc) is 2.35. The predicted octanol–water partition coefficient (Wildman–Crippen LogP) is 4.72. The summed E-state index contributed by atoms with van der Waals surface area (Å²) in [6.45, 7) is 3.93. The van der Waals surface area contributed by atoms with Gasteiger partial charge < -0.3 is 0 Å². The number of hydrogen-bond acceptors (Lipinski definition) is 1. The largest absolute Gasteiger partial charge is 0.294 e. The fourth-order valence-electron chi connectivity index (χ4n) is 2.69. The van der Waals surface area contributed by atoms with Gasteiger partial charge in [0, 0.05) is 16.5 Å². The van der Waals surface area contributed by atoms with Gasteiger partial charge in [0.15, 0.2) is 5.78 Å². The summed E-state index contributed by atoms with van der Waals surface area (Å²) in [5.41, 5.74) is 2.85. The minimum atomic E-state index is 0.240. The van der Waals surface area contributed by atoms with Gasteiger partial charge in [-0.05, 0) is 49.9 Å². The van der Waals surface area contributed by atoms with E-state index < -0.39 is 0 Å². The van der Waals surface area contributed by atoms with Gasteiger partial charge >= 0.3 is 0 Å². The highest BCUT2D eigenvalue weighted by atomic mass is 35.5. The molecule has 17 heavy (non-hydrogen) atoms. The van der Waals surface area contributed by atoms with Crippen LogP contribution in [-0.4, -0.2) is 5.78 Å². The van der Waals surface area contributed by atoms with E-state index in [1.807, 2.05) is 26.0 Å². The van der Waals surface area contributed by atoms with Crippen molar-refractivity contribution in [3.63, 3.8) is 0 Å². The van der Waals surface area contributed by atoms with E-state index in [9.17, 15) is 4.79 Å². The van der Waals surface area contributed by atoms with Crippen LogP contribution in [-0.2, 0) is 0 Å². The zero-order valence-electron chi connectivity index (χ0n) is 10.6. The monoisotopic (exact) mass is 250 g/mol. The lowest BCUT2D eigenvalue weighted by molar-refractivity contribution is 0.0889. The summed E-state index contributed by atoms with van der Waals surface area (Å²) in [6, 6.07) is 3.87. The summed E-state index contributed by atoms with van der Waals surface area (Å²) in [4.78, 5) is 12.4. The molecule has 2 rings (SSSR count). The third-order valence-corrected chi connectivity index (χ3v) is 4.29. The Hall–Kier alpha value is -0.820. The molecule has 0 unspecified atom stereocenters. The topological polar surface area (TPSA) is 17.1 Å². The number of carbonyl (C=O) groups is 1. The van der Waals surface area contributed by atoms with E-state index in [2.05, 4.69) is 0 Å². The molecule has 0 heterocycles. The number of aryl methyl sites for hydroxylation is 2. The van der Waals surface area contributed by atoms with E-state index in [1.54, 1.807) is 0 Å². The van der Waals surface area contributed by atoms with E-state index >= 15 is 0 Å². The van der Waals surface area contributed by atoms with Crippen molar-refractivity contribution in [3.8, 4) is 0 Å². The van der Waals surface area contributed by atoms with Crippen LogP contribution in [0.2, 0.25) is 5.02 Å². The smallest absolute Gasteiger partial charge is 0.165 e. The molecular formula is C15H19ClO. The number of Topliss-reactive ketones (excluding diaryl/α,β-unsaturated/α-hetero) is 1. The van der Waals surface area contributed by atoms with Gasteiger partial charge in [-0.3, -0.25) is 4.79 Å². The molecule has 1 saturated carbocycles. The maximum atomic E-state index is 12.4. The van der Waals surface area contributed by atoms with E-state index in [0.717, 1.165) is 34.6 Å². The van der Waals surface area contributed by atoms with Crippen LogP contribution >= 0.6 is 11.6 Å². The maximum absolute atomic E-state index is 12.4. The van der Waals surface area contributed by atoms with Crippen LogP contribution in [0.25, 0.3) is 0 Å². The molecule has 92 valence electrons. The lowest BCUT2D eigenvalue weighted by Crippen LogP contribution is -2.18. The number of halogens is 1. The van der Waals surface area contributed by atoms with Crippen molar-refractivity contribution >= 4 is 17.4 Å². The summed E-state index contributed by atoms with van der Waals surface area (Å²) in [5, 5.41) is 0.783. The standard InChI is InChI=1S/C15H19ClO/c1-10-8-13(9-11(2)14(10)16)15(17)12-6-4-3-5-7-12/h8-9,12H,3-7H2,1-2H3. The summed E-state index contributed by atoms with van der Waals surface area (Å²) < 4.78 is 0. The number of benzene rings is 1. The van der Waals surface area contributed by atoms with E-state index in [0.29, 0.717) is 5.78 Å². The molecule has 0 bridgehead atoms. The number of ketones is 1. The van der Waals surface area contributed by atoms with Crippen molar-refractivity contribution in [1.82, 2.24) is 0 Å². The molecule has 0 saturated heterocycles. The summed E-state index contributed by atoms with van der Waals surface area (Å²) >= 11 is 6.13. The Morgan fingerprint density at radius 2 is 1.65 bits per heavy atom. The minimum absolute atomic E-state index is 0.240. The molecule has 0 N–H and O–H groups in total. The second-order valence-corrected chi connectivity index (χ2v) is 5.50. The van der Waals surface area contributed by atoms with Gasteiger partial charge in [-0.25, -0.2) is 0 Å². The molecule has 1 aliphatic carbocycles. The van der Waals surface area contributed by atoms with Crippen LogP contribution in [0.3, 0.4) is 0 Å². The lowest BCUT2D eigenvalue weighted by Gasteiger charge is -2.20. The quantitative estimate of drug-likeness (QED) is 0.694. The molecule has 0 aromatic heterocycles. The highest BCUT2D eigenvalue weighted by molar-refractivity contribution is 6.32. The van der Waals surface area contributed by atoms with Gasteiger partial charge in [-0.15, -0.1) is 0 Å². The molecule has 0 radical (unpaired) electrons. The highest BCUT2D eigenvalue weighted by Gasteiger charge is 2.22. The lowest BCUT2D eigenvalue weighted by atomic mass is 9.83. The van der Waals surface area contributed by atoms with Crippen LogP contribution in [0.1, 0.15) is 53.6 Å². The first-order valence-electron chi connectivity index (χ1n) is 6.40. The Bertz CT molecular complexity index is 408. The normalized spacial score (nSPS) is 17.1.